The third kappa shape index (κ3) is 4.60. The fourth-order valence-corrected chi connectivity index (χ4v) is 3.51. The molecule has 0 aliphatic carbocycles. The molecule has 0 saturated heterocycles. The Morgan fingerprint density at radius 2 is 1.81 bits per heavy atom. The van der Waals surface area contributed by atoms with Crippen molar-refractivity contribution in [3.05, 3.63) is 82.7 Å². The summed E-state index contributed by atoms with van der Waals surface area (Å²) in [6, 6.07) is 16.3. The topological polar surface area (TPSA) is 88.4 Å². The van der Waals surface area contributed by atoms with Crippen molar-refractivity contribution in [2.45, 2.75) is 11.4 Å². The summed E-state index contributed by atoms with van der Waals surface area (Å²) in [6.07, 6.45) is 1.47. The molecular formula is C18H15BrN2O4S. The van der Waals surface area contributed by atoms with Gasteiger partial charge in [0.25, 0.3) is 5.91 Å². The van der Waals surface area contributed by atoms with Gasteiger partial charge in [0.1, 0.15) is 5.76 Å². The summed E-state index contributed by atoms with van der Waals surface area (Å²) in [5.74, 6) is 0.184. The van der Waals surface area contributed by atoms with Gasteiger partial charge in [0.05, 0.1) is 17.7 Å². The molecule has 0 spiro atoms. The molecule has 134 valence electrons. The highest BCUT2D eigenvalue weighted by atomic mass is 79.9. The standard InChI is InChI=1S/C18H15BrN2O4S/c19-14-8-6-13(7-9-14)18(22)21-15-3-1-5-17(11-15)26(23,24)20-12-16-4-2-10-25-16/h1-11,20H,12H2,(H,21,22). The van der Waals surface area contributed by atoms with Crippen LogP contribution in [0, 0.1) is 0 Å². The second-order valence-corrected chi connectivity index (χ2v) is 8.08. The molecule has 0 aliphatic heterocycles. The van der Waals surface area contributed by atoms with Crippen molar-refractivity contribution < 1.29 is 17.6 Å². The second-order valence-electron chi connectivity index (χ2n) is 5.39. The molecule has 2 aromatic carbocycles. The zero-order valence-corrected chi connectivity index (χ0v) is 15.9. The fraction of sp³-hybridized carbons (Fsp3) is 0.0556. The number of amides is 1. The van der Waals surface area contributed by atoms with Crippen LogP contribution in [0.1, 0.15) is 16.1 Å². The maximum atomic E-state index is 12.4. The SMILES string of the molecule is O=C(Nc1cccc(S(=O)(=O)NCc2ccco2)c1)c1ccc(Br)cc1. The van der Waals surface area contributed by atoms with E-state index in [1.165, 1.54) is 18.4 Å². The zero-order chi connectivity index (χ0) is 18.6. The number of halogens is 1. The maximum absolute atomic E-state index is 12.4. The van der Waals surface area contributed by atoms with Crippen molar-refractivity contribution in [1.29, 1.82) is 0 Å². The molecular weight excluding hydrogens is 420 g/mol. The van der Waals surface area contributed by atoms with Gasteiger partial charge >= 0.3 is 0 Å². The summed E-state index contributed by atoms with van der Waals surface area (Å²) < 4.78 is 33.2. The number of anilines is 1. The van der Waals surface area contributed by atoms with Crippen LogP contribution in [-0.4, -0.2) is 14.3 Å². The van der Waals surface area contributed by atoms with E-state index in [1.54, 1.807) is 48.5 Å². The molecule has 1 heterocycles. The lowest BCUT2D eigenvalue weighted by molar-refractivity contribution is 0.102. The average Bonchev–Trinajstić information content (AvgIpc) is 3.14. The van der Waals surface area contributed by atoms with Crippen molar-refractivity contribution in [1.82, 2.24) is 4.72 Å². The van der Waals surface area contributed by atoms with E-state index in [4.69, 9.17) is 4.42 Å². The number of rotatable bonds is 6. The molecule has 26 heavy (non-hydrogen) atoms. The normalized spacial score (nSPS) is 11.3. The van der Waals surface area contributed by atoms with Crippen LogP contribution in [-0.2, 0) is 16.6 Å². The van der Waals surface area contributed by atoms with Crippen molar-refractivity contribution in [2.24, 2.45) is 0 Å². The molecule has 0 saturated carbocycles. The van der Waals surface area contributed by atoms with Crippen LogP contribution >= 0.6 is 15.9 Å². The third-order valence-corrected chi connectivity index (χ3v) is 5.45. The van der Waals surface area contributed by atoms with Crippen molar-refractivity contribution in [3.63, 3.8) is 0 Å². The summed E-state index contributed by atoms with van der Waals surface area (Å²) in [5.41, 5.74) is 0.858. The molecule has 3 rings (SSSR count). The fourth-order valence-electron chi connectivity index (χ4n) is 2.21. The van der Waals surface area contributed by atoms with Gasteiger partial charge < -0.3 is 9.73 Å². The van der Waals surface area contributed by atoms with Gasteiger partial charge in [0, 0.05) is 15.7 Å². The predicted molar refractivity (Wildman–Crippen MR) is 101 cm³/mol. The second kappa shape index (κ2) is 7.86. The van der Waals surface area contributed by atoms with Crippen LogP contribution in [0.5, 0.6) is 0 Å². The van der Waals surface area contributed by atoms with Gasteiger partial charge in [-0.25, -0.2) is 13.1 Å². The van der Waals surface area contributed by atoms with Gasteiger partial charge in [0.15, 0.2) is 0 Å². The molecule has 3 aromatic rings. The molecule has 0 fully saturated rings. The summed E-state index contributed by atoms with van der Waals surface area (Å²) in [6.45, 7) is 0.0464. The highest BCUT2D eigenvalue weighted by Crippen LogP contribution is 2.18. The molecule has 0 unspecified atom stereocenters. The number of carbonyl (C=O) groups is 1. The first-order chi connectivity index (χ1) is 12.4. The van der Waals surface area contributed by atoms with Gasteiger partial charge in [-0.05, 0) is 54.6 Å². The van der Waals surface area contributed by atoms with Crippen LogP contribution in [0.4, 0.5) is 5.69 Å². The molecule has 1 amide bonds. The predicted octanol–water partition coefficient (Wildman–Crippen LogP) is 3.77. The highest BCUT2D eigenvalue weighted by Gasteiger charge is 2.15. The van der Waals surface area contributed by atoms with Crippen molar-refractivity contribution >= 4 is 37.5 Å². The zero-order valence-electron chi connectivity index (χ0n) is 13.5. The van der Waals surface area contributed by atoms with Crippen LogP contribution in [0.15, 0.2) is 80.7 Å². The van der Waals surface area contributed by atoms with Crippen LogP contribution in [0.3, 0.4) is 0 Å². The highest BCUT2D eigenvalue weighted by molar-refractivity contribution is 9.10. The number of furan rings is 1. The molecule has 0 aliphatic rings. The Balaban J connectivity index is 1.72. The number of hydrogen-bond donors (Lipinski definition) is 2. The summed E-state index contributed by atoms with van der Waals surface area (Å²) in [7, 11) is -3.73. The van der Waals surface area contributed by atoms with Gasteiger partial charge in [-0.3, -0.25) is 4.79 Å². The monoisotopic (exact) mass is 434 g/mol. The molecule has 6 nitrogen and oxygen atoms in total. The van der Waals surface area contributed by atoms with Gasteiger partial charge in [-0.2, -0.15) is 0 Å². The number of benzene rings is 2. The number of nitrogens with one attached hydrogen (secondary N) is 2. The average molecular weight is 435 g/mol. The minimum atomic E-state index is -3.73. The number of sulfonamides is 1. The van der Waals surface area contributed by atoms with Gasteiger partial charge in [-0.15, -0.1) is 0 Å². The largest absolute Gasteiger partial charge is 0.468 e. The van der Waals surface area contributed by atoms with E-state index in [2.05, 4.69) is 26.0 Å². The molecule has 8 heteroatoms. The molecule has 1 aromatic heterocycles. The van der Waals surface area contributed by atoms with E-state index in [0.717, 1.165) is 4.47 Å². The summed E-state index contributed by atoms with van der Waals surface area (Å²) >= 11 is 3.31. The van der Waals surface area contributed by atoms with E-state index >= 15 is 0 Å². The summed E-state index contributed by atoms with van der Waals surface area (Å²) in [4.78, 5) is 12.3. The lowest BCUT2D eigenvalue weighted by Gasteiger charge is -2.09. The van der Waals surface area contributed by atoms with Gasteiger partial charge in [0.2, 0.25) is 10.0 Å². The molecule has 0 atom stereocenters. The Labute approximate surface area is 159 Å². The first kappa shape index (κ1) is 18.4. The minimum absolute atomic E-state index is 0.0464. The Morgan fingerprint density at radius 1 is 1.04 bits per heavy atom. The smallest absolute Gasteiger partial charge is 0.255 e. The Bertz CT molecular complexity index is 1000. The summed E-state index contributed by atoms with van der Waals surface area (Å²) in [5, 5.41) is 2.69. The van der Waals surface area contributed by atoms with Crippen molar-refractivity contribution in [2.75, 3.05) is 5.32 Å². The van der Waals surface area contributed by atoms with Crippen LogP contribution in [0.2, 0.25) is 0 Å². The maximum Gasteiger partial charge on any atom is 0.255 e. The Morgan fingerprint density at radius 3 is 2.50 bits per heavy atom. The molecule has 2 N–H and O–H groups in total. The van der Waals surface area contributed by atoms with E-state index in [9.17, 15) is 13.2 Å². The third-order valence-electron chi connectivity index (χ3n) is 3.53. The quantitative estimate of drug-likeness (QED) is 0.617. The van der Waals surface area contributed by atoms with Crippen LogP contribution < -0.4 is 10.0 Å². The van der Waals surface area contributed by atoms with E-state index in [0.29, 0.717) is 17.0 Å². The number of carbonyl (C=O) groups excluding carboxylic acids is 1. The van der Waals surface area contributed by atoms with Crippen molar-refractivity contribution in [3.8, 4) is 0 Å². The lowest BCUT2D eigenvalue weighted by Crippen LogP contribution is -2.23. The van der Waals surface area contributed by atoms with Crippen LogP contribution in [0.25, 0.3) is 0 Å². The first-order valence-electron chi connectivity index (χ1n) is 7.63. The molecule has 0 radical (unpaired) electrons. The number of hydrogen-bond acceptors (Lipinski definition) is 4. The van der Waals surface area contributed by atoms with E-state index in [-0.39, 0.29) is 17.3 Å². The Hall–Kier alpha value is -2.42. The van der Waals surface area contributed by atoms with Gasteiger partial charge in [-0.1, -0.05) is 22.0 Å². The lowest BCUT2D eigenvalue weighted by atomic mass is 10.2. The minimum Gasteiger partial charge on any atom is -0.468 e. The van der Waals surface area contributed by atoms with E-state index < -0.39 is 10.0 Å². The Kier molecular flexibility index (Phi) is 5.55. The first-order valence-corrected chi connectivity index (χ1v) is 9.91. The van der Waals surface area contributed by atoms with E-state index in [1.807, 2.05) is 0 Å². The molecule has 0 bridgehead atoms.